The van der Waals surface area contributed by atoms with Gasteiger partial charge in [-0.2, -0.15) is 0 Å². The highest BCUT2D eigenvalue weighted by atomic mass is 15.1. The molecule has 0 unspecified atom stereocenters. The lowest BCUT2D eigenvalue weighted by Gasteiger charge is -2.35. The van der Waals surface area contributed by atoms with Crippen molar-refractivity contribution in [3.63, 3.8) is 0 Å². The third-order valence-electron chi connectivity index (χ3n) is 13.9. The predicted molar refractivity (Wildman–Crippen MR) is 264 cm³/mol. The van der Waals surface area contributed by atoms with Crippen LogP contribution in [0.1, 0.15) is 47.2 Å². The van der Waals surface area contributed by atoms with Gasteiger partial charge in [-0.25, -0.2) is 0 Å². The van der Waals surface area contributed by atoms with E-state index in [1.54, 1.807) is 0 Å². The monoisotopic (exact) mass is 803 g/mol. The standard InChI is InChI=1S/C62H45N/c1-61(2)57-31-16-14-29-53(57)56-40-49(39-55(60(56)61)43-19-6-3-7-20-43)63(47-35-33-44(34-36-47)51-30-18-22-42-21-12-13-27-50(42)51)48-37-38-54-52-28-15-17-32-58(52)62(59(54)41-48,45-23-8-4-9-24-45)46-25-10-5-11-26-46/h3-41H,1-2H3. The fraction of sp³-hybridized carbons (Fsp3) is 0.0645. The Balaban J connectivity index is 1.13. The summed E-state index contributed by atoms with van der Waals surface area (Å²) in [5, 5.41) is 2.50. The molecule has 63 heavy (non-hydrogen) atoms. The minimum Gasteiger partial charge on any atom is -0.310 e. The van der Waals surface area contributed by atoms with Gasteiger partial charge in [0.15, 0.2) is 0 Å². The lowest BCUT2D eigenvalue weighted by atomic mass is 9.67. The molecular weight excluding hydrogens is 759 g/mol. The molecule has 1 heteroatoms. The molecule has 298 valence electrons. The number of hydrogen-bond donors (Lipinski definition) is 0. The van der Waals surface area contributed by atoms with Crippen LogP contribution in [0.3, 0.4) is 0 Å². The third-order valence-corrected chi connectivity index (χ3v) is 13.9. The number of anilines is 3. The van der Waals surface area contributed by atoms with Crippen LogP contribution in [0.25, 0.3) is 55.3 Å². The Morgan fingerprint density at radius 3 is 1.54 bits per heavy atom. The average Bonchev–Trinajstić information content (AvgIpc) is 3.77. The molecular formula is C62H45N. The van der Waals surface area contributed by atoms with Gasteiger partial charge in [-0.3, -0.25) is 0 Å². The molecule has 0 heterocycles. The maximum Gasteiger partial charge on any atom is 0.0714 e. The zero-order chi connectivity index (χ0) is 42.1. The van der Waals surface area contributed by atoms with E-state index in [0.717, 1.165) is 17.1 Å². The minimum absolute atomic E-state index is 0.176. The van der Waals surface area contributed by atoms with E-state index in [1.807, 2.05) is 0 Å². The van der Waals surface area contributed by atoms with Crippen molar-refractivity contribution < 1.29 is 0 Å². The molecule has 10 aromatic rings. The lowest BCUT2D eigenvalue weighted by molar-refractivity contribution is 0.662. The van der Waals surface area contributed by atoms with Gasteiger partial charge in [0.05, 0.1) is 5.41 Å². The molecule has 0 fully saturated rings. The largest absolute Gasteiger partial charge is 0.310 e. The Morgan fingerprint density at radius 2 is 0.825 bits per heavy atom. The summed E-state index contributed by atoms with van der Waals surface area (Å²) < 4.78 is 0. The summed E-state index contributed by atoms with van der Waals surface area (Å²) in [5.74, 6) is 0. The van der Waals surface area contributed by atoms with Gasteiger partial charge < -0.3 is 4.90 Å². The van der Waals surface area contributed by atoms with E-state index in [0.29, 0.717) is 0 Å². The van der Waals surface area contributed by atoms with Gasteiger partial charge >= 0.3 is 0 Å². The summed E-state index contributed by atoms with van der Waals surface area (Å²) in [5.41, 5.74) is 20.5. The predicted octanol–water partition coefficient (Wildman–Crippen LogP) is 16.3. The van der Waals surface area contributed by atoms with E-state index in [2.05, 4.69) is 255 Å². The highest BCUT2D eigenvalue weighted by Gasteiger charge is 2.46. The summed E-state index contributed by atoms with van der Waals surface area (Å²) in [6, 6.07) is 87.8. The molecule has 0 spiro atoms. The van der Waals surface area contributed by atoms with Gasteiger partial charge in [-0.05, 0) is 125 Å². The second-order valence-electron chi connectivity index (χ2n) is 17.6. The van der Waals surface area contributed by atoms with Gasteiger partial charge in [0.1, 0.15) is 0 Å². The van der Waals surface area contributed by atoms with Crippen molar-refractivity contribution >= 4 is 27.8 Å². The highest BCUT2D eigenvalue weighted by Crippen LogP contribution is 2.58. The van der Waals surface area contributed by atoms with Crippen LogP contribution in [0.4, 0.5) is 17.1 Å². The summed E-state index contributed by atoms with van der Waals surface area (Å²) >= 11 is 0. The van der Waals surface area contributed by atoms with E-state index in [-0.39, 0.29) is 5.41 Å². The smallest absolute Gasteiger partial charge is 0.0714 e. The number of benzene rings is 10. The molecule has 2 aliphatic carbocycles. The zero-order valence-electron chi connectivity index (χ0n) is 35.5. The number of hydrogen-bond acceptors (Lipinski definition) is 1. The summed E-state index contributed by atoms with van der Waals surface area (Å²) in [7, 11) is 0. The van der Waals surface area contributed by atoms with Crippen molar-refractivity contribution in [1.82, 2.24) is 0 Å². The molecule has 0 bridgehead atoms. The van der Waals surface area contributed by atoms with E-state index >= 15 is 0 Å². The number of rotatable bonds is 7. The third kappa shape index (κ3) is 5.63. The molecule has 0 amide bonds. The van der Waals surface area contributed by atoms with Crippen LogP contribution in [0.15, 0.2) is 237 Å². The van der Waals surface area contributed by atoms with E-state index in [9.17, 15) is 0 Å². The zero-order valence-corrected chi connectivity index (χ0v) is 35.5. The normalized spacial score (nSPS) is 13.8. The molecule has 0 N–H and O–H groups in total. The maximum atomic E-state index is 2.50. The summed E-state index contributed by atoms with van der Waals surface area (Å²) in [6.45, 7) is 4.77. The van der Waals surface area contributed by atoms with Crippen LogP contribution in [-0.4, -0.2) is 0 Å². The first-order chi connectivity index (χ1) is 31.0. The van der Waals surface area contributed by atoms with Crippen LogP contribution in [0, 0.1) is 0 Å². The van der Waals surface area contributed by atoms with Gasteiger partial charge in [0, 0.05) is 22.5 Å². The lowest BCUT2D eigenvalue weighted by Crippen LogP contribution is -2.28. The molecule has 0 radical (unpaired) electrons. The molecule has 0 atom stereocenters. The fourth-order valence-corrected chi connectivity index (χ4v) is 11.2. The van der Waals surface area contributed by atoms with Gasteiger partial charge in [0.25, 0.3) is 0 Å². The van der Waals surface area contributed by atoms with Crippen LogP contribution in [0.5, 0.6) is 0 Å². The van der Waals surface area contributed by atoms with Crippen LogP contribution in [0.2, 0.25) is 0 Å². The van der Waals surface area contributed by atoms with Crippen molar-refractivity contribution in [2.45, 2.75) is 24.7 Å². The molecule has 0 saturated heterocycles. The maximum absolute atomic E-state index is 2.50. The molecule has 10 aromatic carbocycles. The molecule has 0 saturated carbocycles. The Hall–Kier alpha value is -7.74. The Morgan fingerprint density at radius 1 is 0.317 bits per heavy atom. The molecule has 1 nitrogen and oxygen atoms in total. The van der Waals surface area contributed by atoms with Crippen molar-refractivity contribution in [3.05, 3.63) is 270 Å². The van der Waals surface area contributed by atoms with E-state index in [4.69, 9.17) is 0 Å². The molecule has 2 aliphatic rings. The molecule has 0 aromatic heterocycles. The first kappa shape index (κ1) is 37.1. The highest BCUT2D eigenvalue weighted by molar-refractivity contribution is 5.98. The minimum atomic E-state index is -0.523. The Labute approximate surface area is 370 Å². The Bertz CT molecular complexity index is 3300. The first-order valence-electron chi connectivity index (χ1n) is 22.1. The van der Waals surface area contributed by atoms with Crippen LogP contribution < -0.4 is 4.90 Å². The van der Waals surface area contributed by atoms with Crippen LogP contribution in [-0.2, 0) is 10.8 Å². The van der Waals surface area contributed by atoms with E-state index < -0.39 is 5.41 Å². The van der Waals surface area contributed by atoms with Crippen molar-refractivity contribution in [3.8, 4) is 44.5 Å². The van der Waals surface area contributed by atoms with Crippen molar-refractivity contribution in [2.24, 2.45) is 0 Å². The average molecular weight is 804 g/mol. The van der Waals surface area contributed by atoms with Crippen molar-refractivity contribution in [1.29, 1.82) is 0 Å². The Kier molecular flexibility index (Phi) is 8.49. The van der Waals surface area contributed by atoms with Gasteiger partial charge in [-0.15, -0.1) is 0 Å². The molecule has 12 rings (SSSR count). The first-order valence-corrected chi connectivity index (χ1v) is 22.1. The summed E-state index contributed by atoms with van der Waals surface area (Å²) in [4.78, 5) is 2.50. The number of nitrogens with zero attached hydrogens (tertiary/aromatic N) is 1. The van der Waals surface area contributed by atoms with Crippen LogP contribution >= 0.6 is 0 Å². The summed E-state index contributed by atoms with van der Waals surface area (Å²) in [6.07, 6.45) is 0. The second kappa shape index (κ2) is 14.4. The second-order valence-corrected chi connectivity index (χ2v) is 17.6. The van der Waals surface area contributed by atoms with E-state index in [1.165, 1.54) is 88.7 Å². The SMILES string of the molecule is CC1(C)c2ccccc2-c2cc(N(c3ccc(-c4cccc5ccccc45)cc3)c3ccc4c(c3)C(c3ccccc3)(c3ccccc3)c3ccccc3-4)cc(-c3ccccc3)c21. The van der Waals surface area contributed by atoms with Gasteiger partial charge in [0.2, 0.25) is 0 Å². The fourth-order valence-electron chi connectivity index (χ4n) is 11.2. The quantitative estimate of drug-likeness (QED) is 0.155. The number of fused-ring (bicyclic) bond motifs is 7. The topological polar surface area (TPSA) is 3.24 Å². The van der Waals surface area contributed by atoms with Crippen molar-refractivity contribution in [2.75, 3.05) is 4.90 Å². The van der Waals surface area contributed by atoms with Gasteiger partial charge in [-0.1, -0.05) is 214 Å². The molecule has 0 aliphatic heterocycles.